The lowest BCUT2D eigenvalue weighted by Gasteiger charge is -2.66. The second kappa shape index (κ2) is 10.7. The number of fused-ring (bicyclic) bond motifs is 5. The van der Waals surface area contributed by atoms with Crippen LogP contribution in [0, 0.1) is 51.8 Å². The first kappa shape index (κ1) is 29.5. The van der Waals surface area contributed by atoms with E-state index in [-0.39, 0.29) is 33.2 Å². The van der Waals surface area contributed by atoms with E-state index in [1.54, 1.807) is 0 Å². The van der Waals surface area contributed by atoms with Crippen LogP contribution < -0.4 is 0 Å². The van der Waals surface area contributed by atoms with Crippen molar-refractivity contribution in [3.8, 4) is 0 Å². The Kier molecular flexibility index (Phi) is 8.06. The molecule has 0 N–H and O–H groups in total. The Morgan fingerprint density at radius 1 is 0.897 bits per heavy atom. The Bertz CT molecular complexity index is 1020. The fourth-order valence-electron chi connectivity index (χ4n) is 11.0. The van der Waals surface area contributed by atoms with E-state index in [1.807, 2.05) is 30.3 Å². The van der Waals surface area contributed by atoms with Gasteiger partial charge in [-0.3, -0.25) is 0 Å². The summed E-state index contributed by atoms with van der Waals surface area (Å²) < 4.78 is 6.25. The normalized spacial score (nSPS) is 41.8. The van der Waals surface area contributed by atoms with Crippen molar-refractivity contribution in [1.82, 2.24) is 0 Å². The van der Waals surface area contributed by atoms with E-state index in [1.165, 1.54) is 57.8 Å². The molecular weight excluding hydrogens is 500 g/mol. The third-order valence-electron chi connectivity index (χ3n) is 13.1. The molecule has 0 amide bonds. The molecule has 2 nitrogen and oxygen atoms in total. The quantitative estimate of drug-likeness (QED) is 0.247. The lowest BCUT2D eigenvalue weighted by Crippen LogP contribution is -2.63. The summed E-state index contributed by atoms with van der Waals surface area (Å²) >= 11 is 7.97. The van der Waals surface area contributed by atoms with Crippen LogP contribution in [0.25, 0.3) is 0 Å². The van der Waals surface area contributed by atoms with Crippen LogP contribution in [0.1, 0.15) is 129 Å². The number of alkyl halides is 1. The van der Waals surface area contributed by atoms with Crippen LogP contribution in [0.3, 0.4) is 0 Å². The molecule has 0 unspecified atom stereocenters. The zero-order valence-electron chi connectivity index (χ0n) is 25.9. The van der Waals surface area contributed by atoms with Gasteiger partial charge in [-0.15, -0.1) is 11.6 Å². The molecule has 0 aromatic heterocycles. The van der Waals surface area contributed by atoms with Gasteiger partial charge in [-0.1, -0.05) is 85.9 Å². The average Bonchev–Trinajstić information content (AvgIpc) is 3.17. The monoisotopic (exact) mass is 554 g/mol. The Hall–Kier alpha value is -1.02. The van der Waals surface area contributed by atoms with Gasteiger partial charge < -0.3 is 4.74 Å². The fourth-order valence-corrected chi connectivity index (χ4v) is 11.6. The summed E-state index contributed by atoms with van der Waals surface area (Å²) in [6.07, 6.45) is 13.7. The van der Waals surface area contributed by atoms with Crippen LogP contribution in [-0.4, -0.2) is 16.9 Å². The van der Waals surface area contributed by atoms with Crippen LogP contribution in [0.5, 0.6) is 0 Å². The first-order valence-electron chi connectivity index (χ1n) is 16.3. The molecule has 9 atom stereocenters. The number of benzene rings is 1. The molecule has 1 aromatic rings. The molecule has 4 aliphatic rings. The van der Waals surface area contributed by atoms with Crippen molar-refractivity contribution >= 4 is 17.6 Å². The predicted molar refractivity (Wildman–Crippen MR) is 163 cm³/mol. The minimum absolute atomic E-state index is 0.0267. The maximum Gasteiger partial charge on any atom is 0.338 e. The summed E-state index contributed by atoms with van der Waals surface area (Å²) in [6.45, 7) is 17.2. The van der Waals surface area contributed by atoms with Crippen molar-refractivity contribution in [1.29, 1.82) is 0 Å². The number of rotatable bonds is 7. The summed E-state index contributed by atoms with van der Waals surface area (Å²) in [7, 11) is 0. The maximum atomic E-state index is 13.0. The highest BCUT2D eigenvalue weighted by molar-refractivity contribution is 6.25. The van der Waals surface area contributed by atoms with E-state index >= 15 is 0 Å². The topological polar surface area (TPSA) is 26.3 Å². The third kappa shape index (κ3) is 4.81. The van der Waals surface area contributed by atoms with Crippen LogP contribution in [0.4, 0.5) is 0 Å². The summed E-state index contributed by atoms with van der Waals surface area (Å²) in [5, 5.41) is 0. The standard InChI is InChI=1S/C36H55ClO2/c1-24(2)12-11-13-25(3)27-19-23-36(37)29-16-17-30-33(4,5)31(39-32(38)26-14-9-8-10-15-26)20-21-34(30,6)28(29)18-22-35(27,36)7/h8-10,14-15,24-25,27-31H,11-13,16-23H2,1-7H3/t25-,27+,28+,29-,30+,31+,34-,35-,36+/m1/s1. The summed E-state index contributed by atoms with van der Waals surface area (Å²) in [5.41, 5.74) is 1.15. The van der Waals surface area contributed by atoms with E-state index in [2.05, 4.69) is 48.5 Å². The number of carbonyl (C=O) groups excluding carboxylic acids is 1. The lowest BCUT2D eigenvalue weighted by molar-refractivity contribution is -0.175. The molecule has 0 aliphatic heterocycles. The molecule has 0 saturated heterocycles. The molecule has 0 radical (unpaired) electrons. The molecule has 5 rings (SSSR count). The molecule has 1 aromatic carbocycles. The number of carbonyl (C=O) groups is 1. The van der Waals surface area contributed by atoms with Crippen molar-refractivity contribution in [3.05, 3.63) is 35.9 Å². The third-order valence-corrected chi connectivity index (χ3v) is 14.0. The fraction of sp³-hybridized carbons (Fsp3) is 0.806. The van der Waals surface area contributed by atoms with Gasteiger partial charge in [0.15, 0.2) is 0 Å². The first-order chi connectivity index (χ1) is 18.3. The number of halogens is 1. The second-order valence-corrected chi connectivity index (χ2v) is 16.4. The van der Waals surface area contributed by atoms with Gasteiger partial charge in [0, 0.05) is 5.41 Å². The zero-order chi connectivity index (χ0) is 28.2. The van der Waals surface area contributed by atoms with Gasteiger partial charge in [0.05, 0.1) is 10.4 Å². The molecule has 0 bridgehead atoms. The second-order valence-electron chi connectivity index (χ2n) is 15.7. The molecule has 0 spiro atoms. The zero-order valence-corrected chi connectivity index (χ0v) is 26.7. The predicted octanol–water partition coefficient (Wildman–Crippen LogP) is 10.3. The molecule has 4 aliphatic carbocycles. The molecule has 3 heteroatoms. The molecule has 4 saturated carbocycles. The van der Waals surface area contributed by atoms with Crippen molar-refractivity contribution in [2.24, 2.45) is 51.8 Å². The highest BCUT2D eigenvalue weighted by atomic mass is 35.5. The van der Waals surface area contributed by atoms with Crippen LogP contribution in [-0.2, 0) is 4.74 Å². The number of hydrogen-bond acceptors (Lipinski definition) is 2. The van der Waals surface area contributed by atoms with Gasteiger partial charge in [-0.25, -0.2) is 4.79 Å². The average molecular weight is 555 g/mol. The van der Waals surface area contributed by atoms with Crippen molar-refractivity contribution < 1.29 is 9.53 Å². The summed E-state index contributed by atoms with van der Waals surface area (Å²) in [4.78, 5) is 13.0. The summed E-state index contributed by atoms with van der Waals surface area (Å²) in [6, 6.07) is 9.52. The SMILES string of the molecule is CC(C)CCC[C@@H](C)[C@@H]1CC[C@]2(Cl)[C@@H]3CC[C@H]4C(C)(C)[C@@H](OC(=O)c5ccccc5)CC[C@]4(C)[C@H]3CC[C@]12C. The molecule has 0 heterocycles. The van der Waals surface area contributed by atoms with Gasteiger partial charge in [-0.2, -0.15) is 0 Å². The van der Waals surface area contributed by atoms with E-state index in [9.17, 15) is 4.79 Å². The molecule has 39 heavy (non-hydrogen) atoms. The van der Waals surface area contributed by atoms with Gasteiger partial charge in [0.1, 0.15) is 6.10 Å². The Labute approximate surface area is 244 Å². The van der Waals surface area contributed by atoms with Gasteiger partial charge in [-0.05, 0) is 110 Å². The van der Waals surface area contributed by atoms with Crippen LogP contribution in [0.15, 0.2) is 30.3 Å². The Balaban J connectivity index is 1.32. The highest BCUT2D eigenvalue weighted by Gasteiger charge is 2.69. The lowest BCUT2D eigenvalue weighted by atomic mass is 9.40. The number of hydrogen-bond donors (Lipinski definition) is 0. The van der Waals surface area contributed by atoms with Crippen molar-refractivity contribution in [3.63, 3.8) is 0 Å². The Morgan fingerprint density at radius 2 is 1.62 bits per heavy atom. The smallest absolute Gasteiger partial charge is 0.338 e. The van der Waals surface area contributed by atoms with Gasteiger partial charge >= 0.3 is 5.97 Å². The van der Waals surface area contributed by atoms with E-state index in [4.69, 9.17) is 16.3 Å². The largest absolute Gasteiger partial charge is 0.458 e. The van der Waals surface area contributed by atoms with Crippen molar-refractivity contribution in [2.75, 3.05) is 0 Å². The number of esters is 1. The first-order valence-corrected chi connectivity index (χ1v) is 16.7. The van der Waals surface area contributed by atoms with E-state index in [0.717, 1.165) is 30.6 Å². The molecular formula is C36H55ClO2. The van der Waals surface area contributed by atoms with Gasteiger partial charge in [0.25, 0.3) is 0 Å². The molecule has 218 valence electrons. The van der Waals surface area contributed by atoms with Crippen molar-refractivity contribution in [2.45, 2.75) is 130 Å². The van der Waals surface area contributed by atoms with E-state index in [0.29, 0.717) is 23.3 Å². The van der Waals surface area contributed by atoms with Gasteiger partial charge in [0.2, 0.25) is 0 Å². The molecule has 4 fully saturated rings. The Morgan fingerprint density at radius 3 is 2.31 bits per heavy atom. The minimum atomic E-state index is -0.168. The van der Waals surface area contributed by atoms with Crippen LogP contribution >= 0.6 is 11.6 Å². The minimum Gasteiger partial charge on any atom is -0.458 e. The van der Waals surface area contributed by atoms with E-state index < -0.39 is 0 Å². The maximum absolute atomic E-state index is 13.0. The van der Waals surface area contributed by atoms with Crippen LogP contribution in [0.2, 0.25) is 0 Å². The summed E-state index contributed by atoms with van der Waals surface area (Å²) in [5.74, 6) is 4.03. The highest BCUT2D eigenvalue weighted by Crippen LogP contribution is 2.73. The number of ether oxygens (including phenoxy) is 1.